The van der Waals surface area contributed by atoms with Gasteiger partial charge in [0.05, 0.1) is 12.2 Å². The van der Waals surface area contributed by atoms with Gasteiger partial charge >= 0.3 is 0 Å². The molecule has 0 aromatic carbocycles. The van der Waals surface area contributed by atoms with Gasteiger partial charge in [0.25, 0.3) is 0 Å². The molecule has 0 aromatic heterocycles. The summed E-state index contributed by atoms with van der Waals surface area (Å²) in [6, 6.07) is 0. The van der Waals surface area contributed by atoms with Crippen LogP contribution in [-0.4, -0.2) is 36.5 Å². The van der Waals surface area contributed by atoms with Crippen molar-refractivity contribution in [1.29, 1.82) is 0 Å². The number of carbonyl (C=O) groups excluding carboxylic acids is 1. The Balaban J connectivity index is 1.29. The zero-order valence-corrected chi connectivity index (χ0v) is 21.3. The average Bonchev–Trinajstić information content (AvgIpc) is 3.16. The van der Waals surface area contributed by atoms with Gasteiger partial charge < -0.3 is 19.4 Å². The molecule has 4 nitrogen and oxygen atoms in total. The van der Waals surface area contributed by atoms with Crippen molar-refractivity contribution in [3.05, 3.63) is 0 Å². The van der Waals surface area contributed by atoms with E-state index in [1.165, 1.54) is 38.5 Å². The highest BCUT2D eigenvalue weighted by molar-refractivity contribution is 5.49. The smallest absolute Gasteiger partial charge is 0.157 e. The molecule has 0 radical (unpaired) electrons. The van der Waals surface area contributed by atoms with Gasteiger partial charge in [0.2, 0.25) is 0 Å². The topological polar surface area (TPSA) is 55.8 Å². The molecule has 1 heterocycles. The quantitative estimate of drug-likeness (QED) is 0.382. The normalized spacial score (nSPS) is 50.7. The molecule has 0 spiro atoms. The SMILES string of the molecule is C[C@@H](CCC=O)[C@H]1CCC2C3C(CC[C@@]21C)[C@@]1(C)CC[C@H](OC2CCCCO2)CC1C[C@@H]3O. The third kappa shape index (κ3) is 4.25. The van der Waals surface area contributed by atoms with Crippen LogP contribution in [0.25, 0.3) is 0 Å². The zero-order chi connectivity index (χ0) is 23.2. The Morgan fingerprint density at radius 3 is 2.58 bits per heavy atom. The van der Waals surface area contributed by atoms with Crippen molar-refractivity contribution in [3.8, 4) is 0 Å². The number of rotatable bonds is 6. The highest BCUT2D eigenvalue weighted by atomic mass is 16.7. The van der Waals surface area contributed by atoms with E-state index in [-0.39, 0.29) is 12.4 Å². The van der Waals surface area contributed by atoms with Crippen LogP contribution in [0.1, 0.15) is 104 Å². The number of fused-ring (bicyclic) bond motifs is 5. The minimum Gasteiger partial charge on any atom is -0.393 e. The van der Waals surface area contributed by atoms with E-state index in [1.54, 1.807) is 0 Å². The van der Waals surface area contributed by atoms with Gasteiger partial charge in [0, 0.05) is 13.0 Å². The fourth-order valence-electron chi connectivity index (χ4n) is 9.85. The van der Waals surface area contributed by atoms with Crippen LogP contribution in [0, 0.1) is 46.3 Å². The van der Waals surface area contributed by atoms with Crippen LogP contribution < -0.4 is 0 Å². The maximum atomic E-state index is 11.6. The van der Waals surface area contributed by atoms with E-state index in [1.807, 2.05) is 0 Å². The number of aliphatic hydroxyl groups is 1. The van der Waals surface area contributed by atoms with Crippen LogP contribution >= 0.6 is 0 Å². The summed E-state index contributed by atoms with van der Waals surface area (Å²) in [5.74, 6) is 3.66. The molecule has 4 heteroatoms. The van der Waals surface area contributed by atoms with E-state index < -0.39 is 0 Å². The van der Waals surface area contributed by atoms with Crippen molar-refractivity contribution in [3.63, 3.8) is 0 Å². The molecule has 11 atom stereocenters. The Morgan fingerprint density at radius 2 is 1.82 bits per heavy atom. The first-order valence-electron chi connectivity index (χ1n) is 14.3. The molecular formula is C29H48O4. The first kappa shape index (κ1) is 24.3. The second kappa shape index (κ2) is 9.54. The number of aldehydes is 1. The molecule has 1 N–H and O–H groups in total. The number of hydrogen-bond donors (Lipinski definition) is 1. The lowest BCUT2D eigenvalue weighted by Gasteiger charge is -2.62. The van der Waals surface area contributed by atoms with Crippen molar-refractivity contribution in [1.82, 2.24) is 0 Å². The van der Waals surface area contributed by atoms with E-state index >= 15 is 0 Å². The first-order valence-corrected chi connectivity index (χ1v) is 14.3. The molecule has 0 aromatic rings. The van der Waals surface area contributed by atoms with Gasteiger partial charge in [0.1, 0.15) is 6.29 Å². The number of aliphatic hydroxyl groups excluding tert-OH is 1. The van der Waals surface area contributed by atoms with Crippen LogP contribution in [0.3, 0.4) is 0 Å². The first-order chi connectivity index (χ1) is 15.9. The van der Waals surface area contributed by atoms with Crippen molar-refractivity contribution in [2.24, 2.45) is 46.3 Å². The Hall–Kier alpha value is -0.450. The largest absolute Gasteiger partial charge is 0.393 e. The zero-order valence-electron chi connectivity index (χ0n) is 21.3. The third-order valence-electron chi connectivity index (χ3n) is 11.6. The summed E-state index contributed by atoms with van der Waals surface area (Å²) in [5, 5.41) is 11.6. The van der Waals surface area contributed by atoms with Crippen molar-refractivity contribution in [2.45, 2.75) is 123 Å². The molecule has 33 heavy (non-hydrogen) atoms. The minimum atomic E-state index is -0.161. The van der Waals surface area contributed by atoms with E-state index in [9.17, 15) is 9.90 Å². The molecule has 1 saturated heterocycles. The Labute approximate surface area is 201 Å². The Kier molecular flexibility index (Phi) is 7.01. The summed E-state index contributed by atoms with van der Waals surface area (Å²) in [7, 11) is 0. The number of ether oxygens (including phenoxy) is 2. The second-order valence-electron chi connectivity index (χ2n) is 13.1. The molecule has 5 fully saturated rings. The predicted molar refractivity (Wildman–Crippen MR) is 130 cm³/mol. The lowest BCUT2D eigenvalue weighted by Crippen LogP contribution is -2.59. The molecule has 1 aliphatic heterocycles. The second-order valence-corrected chi connectivity index (χ2v) is 13.1. The number of carbonyl (C=O) groups is 1. The van der Waals surface area contributed by atoms with Gasteiger partial charge in [-0.2, -0.15) is 0 Å². The summed E-state index contributed by atoms with van der Waals surface area (Å²) >= 11 is 0. The summed E-state index contributed by atoms with van der Waals surface area (Å²) < 4.78 is 12.3. The highest BCUT2D eigenvalue weighted by Gasteiger charge is 2.63. The lowest BCUT2D eigenvalue weighted by molar-refractivity contribution is -0.221. The monoisotopic (exact) mass is 460 g/mol. The molecule has 5 aliphatic rings. The van der Waals surface area contributed by atoms with Gasteiger partial charge in [-0.3, -0.25) is 0 Å². The fourth-order valence-corrected chi connectivity index (χ4v) is 9.85. The van der Waals surface area contributed by atoms with Crippen molar-refractivity contribution < 1.29 is 19.4 Å². The highest BCUT2D eigenvalue weighted by Crippen LogP contribution is 2.68. The van der Waals surface area contributed by atoms with E-state index in [4.69, 9.17) is 9.47 Å². The standard InChI is InChI=1S/C29H48O4/c1-19(7-6-15-30)22-9-10-23-27-24(12-14-29(22,23)3)28(2)13-11-21(17-20(28)18-25(27)31)33-26-8-4-5-16-32-26/h15,19-27,31H,4-14,16-18H2,1-3H3/t19-,20?,21-,22+,23?,24?,25-,26?,27?,28-,29+/m0/s1. The van der Waals surface area contributed by atoms with Crippen LogP contribution in [0.4, 0.5) is 0 Å². The van der Waals surface area contributed by atoms with Gasteiger partial charge in [-0.15, -0.1) is 0 Å². The molecule has 5 unspecified atom stereocenters. The van der Waals surface area contributed by atoms with Gasteiger partial charge in [-0.25, -0.2) is 0 Å². The lowest BCUT2D eigenvalue weighted by atomic mass is 9.43. The third-order valence-corrected chi connectivity index (χ3v) is 11.6. The molecular weight excluding hydrogens is 412 g/mol. The Bertz CT molecular complexity index is 689. The van der Waals surface area contributed by atoms with E-state index in [2.05, 4.69) is 20.8 Å². The summed E-state index contributed by atoms with van der Waals surface area (Å²) in [6.07, 6.45) is 16.0. The summed E-state index contributed by atoms with van der Waals surface area (Å²) in [4.78, 5) is 11.0. The van der Waals surface area contributed by atoms with Gasteiger partial charge in [0.15, 0.2) is 6.29 Å². The van der Waals surface area contributed by atoms with Crippen LogP contribution in [-0.2, 0) is 14.3 Å². The van der Waals surface area contributed by atoms with E-state index in [0.717, 1.165) is 51.4 Å². The molecule has 0 bridgehead atoms. The average molecular weight is 461 g/mol. The number of hydrogen-bond acceptors (Lipinski definition) is 4. The van der Waals surface area contributed by atoms with Crippen LogP contribution in [0.2, 0.25) is 0 Å². The van der Waals surface area contributed by atoms with Crippen molar-refractivity contribution in [2.75, 3.05) is 6.61 Å². The van der Waals surface area contributed by atoms with E-state index in [0.29, 0.717) is 58.9 Å². The van der Waals surface area contributed by atoms with Crippen molar-refractivity contribution >= 4 is 6.29 Å². The summed E-state index contributed by atoms with van der Waals surface area (Å²) in [5.41, 5.74) is 0.687. The van der Waals surface area contributed by atoms with Crippen LogP contribution in [0.5, 0.6) is 0 Å². The van der Waals surface area contributed by atoms with Gasteiger partial charge in [-0.05, 0) is 123 Å². The molecule has 188 valence electrons. The van der Waals surface area contributed by atoms with Gasteiger partial charge in [-0.1, -0.05) is 20.8 Å². The molecule has 0 amide bonds. The minimum absolute atomic E-state index is 0.00128. The maximum Gasteiger partial charge on any atom is 0.157 e. The molecule has 4 saturated carbocycles. The fraction of sp³-hybridized carbons (Fsp3) is 0.966. The predicted octanol–water partition coefficient (Wildman–Crippen LogP) is 6.14. The molecule has 5 rings (SSSR count). The summed E-state index contributed by atoms with van der Waals surface area (Å²) in [6.45, 7) is 8.32. The molecule has 4 aliphatic carbocycles. The Morgan fingerprint density at radius 1 is 1.03 bits per heavy atom. The maximum absolute atomic E-state index is 11.6. The van der Waals surface area contributed by atoms with Crippen LogP contribution in [0.15, 0.2) is 0 Å².